The molecular weight excluding hydrogens is 280 g/mol. The van der Waals surface area contributed by atoms with Crippen molar-refractivity contribution in [2.75, 3.05) is 13.7 Å². The summed E-state index contributed by atoms with van der Waals surface area (Å²) in [5, 5.41) is 5.68. The van der Waals surface area contributed by atoms with Crippen LogP contribution in [0.1, 0.15) is 0 Å². The van der Waals surface area contributed by atoms with E-state index in [0.29, 0.717) is 18.5 Å². The minimum atomic E-state index is -0.101. The molecule has 0 N–H and O–H groups in total. The van der Waals surface area contributed by atoms with Crippen molar-refractivity contribution in [1.82, 2.24) is 9.78 Å². The summed E-state index contributed by atoms with van der Waals surface area (Å²) in [6.07, 6.45) is 1.70. The molecule has 0 saturated heterocycles. The molecule has 0 saturated carbocycles. The van der Waals surface area contributed by atoms with Crippen molar-refractivity contribution >= 4 is 10.8 Å². The van der Waals surface area contributed by atoms with Crippen LogP contribution >= 0.6 is 0 Å². The number of rotatable bonds is 5. The maximum Gasteiger partial charge on any atom is 0.274 e. The van der Waals surface area contributed by atoms with Gasteiger partial charge in [-0.1, -0.05) is 18.2 Å². The molecule has 0 aliphatic rings. The topological polar surface area (TPSA) is 53.4 Å². The number of hydrogen-bond donors (Lipinski definition) is 0. The molecule has 2 aromatic carbocycles. The van der Waals surface area contributed by atoms with Crippen LogP contribution < -0.4 is 15.0 Å². The molecule has 0 radical (unpaired) electrons. The fourth-order valence-corrected chi connectivity index (χ4v) is 2.21. The van der Waals surface area contributed by atoms with Gasteiger partial charge in [-0.3, -0.25) is 4.79 Å². The Hall–Kier alpha value is -2.82. The summed E-state index contributed by atoms with van der Waals surface area (Å²) >= 11 is 0. The van der Waals surface area contributed by atoms with Gasteiger partial charge in [0.25, 0.3) is 5.56 Å². The van der Waals surface area contributed by atoms with Crippen LogP contribution in [-0.4, -0.2) is 23.5 Å². The summed E-state index contributed by atoms with van der Waals surface area (Å²) in [6.45, 7) is 0.771. The number of ether oxygens (including phenoxy) is 2. The minimum absolute atomic E-state index is 0.101. The third-order valence-electron chi connectivity index (χ3n) is 3.39. The molecule has 3 rings (SSSR count). The van der Waals surface area contributed by atoms with Gasteiger partial charge in [0, 0.05) is 5.39 Å². The van der Waals surface area contributed by atoms with E-state index in [-0.39, 0.29) is 5.56 Å². The molecule has 0 amide bonds. The maximum atomic E-state index is 12.3. The Labute approximate surface area is 127 Å². The van der Waals surface area contributed by atoms with Crippen LogP contribution in [0.25, 0.3) is 10.8 Å². The highest BCUT2D eigenvalue weighted by molar-refractivity contribution is 5.80. The number of nitrogens with zero attached hydrogens (tertiary/aromatic N) is 2. The first-order valence-electron chi connectivity index (χ1n) is 6.99. The highest BCUT2D eigenvalue weighted by atomic mass is 16.5. The van der Waals surface area contributed by atoms with Crippen LogP contribution in [0.3, 0.4) is 0 Å². The number of fused-ring (bicyclic) bond motifs is 1. The molecule has 5 heteroatoms. The van der Waals surface area contributed by atoms with Crippen molar-refractivity contribution < 1.29 is 9.47 Å². The van der Waals surface area contributed by atoms with E-state index in [9.17, 15) is 4.79 Å². The third kappa shape index (κ3) is 2.93. The third-order valence-corrected chi connectivity index (χ3v) is 3.39. The normalized spacial score (nSPS) is 10.6. The van der Waals surface area contributed by atoms with Crippen molar-refractivity contribution in [3.8, 4) is 11.5 Å². The monoisotopic (exact) mass is 296 g/mol. The van der Waals surface area contributed by atoms with E-state index in [2.05, 4.69) is 5.10 Å². The lowest BCUT2D eigenvalue weighted by molar-refractivity contribution is 0.288. The molecule has 22 heavy (non-hydrogen) atoms. The fraction of sp³-hybridized carbons (Fsp3) is 0.176. The average molecular weight is 296 g/mol. The summed E-state index contributed by atoms with van der Waals surface area (Å²) in [5.74, 6) is 1.51. The average Bonchev–Trinajstić information content (AvgIpc) is 2.58. The second kappa shape index (κ2) is 6.30. The van der Waals surface area contributed by atoms with Crippen molar-refractivity contribution in [2.24, 2.45) is 0 Å². The van der Waals surface area contributed by atoms with Crippen LogP contribution in [0.5, 0.6) is 11.5 Å². The molecule has 0 unspecified atom stereocenters. The quantitative estimate of drug-likeness (QED) is 0.726. The van der Waals surface area contributed by atoms with Crippen LogP contribution in [0, 0.1) is 0 Å². The molecule has 0 aliphatic carbocycles. The molecular formula is C17H16N2O3. The van der Waals surface area contributed by atoms with E-state index < -0.39 is 0 Å². The standard InChI is InChI=1S/C17H16N2O3/c1-21-14-6-8-15(9-7-14)22-11-10-19-17(20)16-5-3-2-4-13(16)12-18-19/h2-9,12H,10-11H2,1H3. The Morgan fingerprint density at radius 3 is 2.55 bits per heavy atom. The highest BCUT2D eigenvalue weighted by Crippen LogP contribution is 2.16. The van der Waals surface area contributed by atoms with Gasteiger partial charge >= 0.3 is 0 Å². The molecule has 5 nitrogen and oxygen atoms in total. The largest absolute Gasteiger partial charge is 0.497 e. The number of benzene rings is 2. The Bertz CT molecular complexity index is 825. The van der Waals surface area contributed by atoms with Crippen molar-refractivity contribution in [3.05, 3.63) is 65.1 Å². The summed E-state index contributed by atoms with van der Waals surface area (Å²) in [5.41, 5.74) is -0.101. The second-order valence-electron chi connectivity index (χ2n) is 4.78. The first-order valence-corrected chi connectivity index (χ1v) is 6.99. The molecule has 0 aliphatic heterocycles. The maximum absolute atomic E-state index is 12.3. The van der Waals surface area contributed by atoms with Gasteiger partial charge in [0.2, 0.25) is 0 Å². The Balaban J connectivity index is 1.68. The number of hydrogen-bond acceptors (Lipinski definition) is 4. The van der Waals surface area contributed by atoms with Gasteiger partial charge in [-0.15, -0.1) is 0 Å². The Morgan fingerprint density at radius 1 is 1.05 bits per heavy atom. The summed E-state index contributed by atoms with van der Waals surface area (Å²) in [6, 6.07) is 14.7. The molecule has 1 aromatic heterocycles. The second-order valence-corrected chi connectivity index (χ2v) is 4.78. The lowest BCUT2D eigenvalue weighted by atomic mass is 10.2. The van der Waals surface area contributed by atoms with Crippen LogP contribution in [0.2, 0.25) is 0 Å². The lowest BCUT2D eigenvalue weighted by Gasteiger charge is -2.08. The number of methoxy groups -OCH3 is 1. The van der Waals surface area contributed by atoms with Crippen molar-refractivity contribution in [3.63, 3.8) is 0 Å². The van der Waals surface area contributed by atoms with Gasteiger partial charge in [-0.05, 0) is 30.3 Å². The van der Waals surface area contributed by atoms with Crippen molar-refractivity contribution in [2.45, 2.75) is 6.54 Å². The molecule has 0 spiro atoms. The molecule has 1 heterocycles. The van der Waals surface area contributed by atoms with Gasteiger partial charge < -0.3 is 9.47 Å². The Morgan fingerprint density at radius 2 is 1.77 bits per heavy atom. The fourth-order valence-electron chi connectivity index (χ4n) is 2.21. The van der Waals surface area contributed by atoms with E-state index >= 15 is 0 Å². The zero-order chi connectivity index (χ0) is 15.4. The highest BCUT2D eigenvalue weighted by Gasteiger charge is 2.03. The number of aromatic nitrogens is 2. The van der Waals surface area contributed by atoms with Gasteiger partial charge in [0.15, 0.2) is 0 Å². The Kier molecular flexibility index (Phi) is 4.05. The van der Waals surface area contributed by atoms with Crippen LogP contribution in [-0.2, 0) is 6.54 Å². The van der Waals surface area contributed by atoms with Gasteiger partial charge in [-0.2, -0.15) is 5.10 Å². The zero-order valence-electron chi connectivity index (χ0n) is 12.2. The summed E-state index contributed by atoms with van der Waals surface area (Å²) < 4.78 is 12.1. The van der Waals surface area contributed by atoms with E-state index in [1.165, 1.54) is 4.68 Å². The van der Waals surface area contributed by atoms with E-state index in [1.54, 1.807) is 19.4 Å². The SMILES string of the molecule is COc1ccc(OCCn2ncc3ccccc3c2=O)cc1. The lowest BCUT2D eigenvalue weighted by Crippen LogP contribution is -2.25. The van der Waals surface area contributed by atoms with Crippen LogP contribution in [0.4, 0.5) is 0 Å². The predicted octanol–water partition coefficient (Wildman–Crippen LogP) is 2.48. The first-order chi connectivity index (χ1) is 10.8. The summed E-state index contributed by atoms with van der Waals surface area (Å²) in [7, 11) is 1.62. The molecule has 112 valence electrons. The summed E-state index contributed by atoms with van der Waals surface area (Å²) in [4.78, 5) is 12.3. The minimum Gasteiger partial charge on any atom is -0.497 e. The van der Waals surface area contributed by atoms with Gasteiger partial charge in [-0.25, -0.2) is 4.68 Å². The zero-order valence-corrected chi connectivity index (χ0v) is 12.2. The molecule has 0 atom stereocenters. The van der Waals surface area contributed by atoms with E-state index in [4.69, 9.17) is 9.47 Å². The van der Waals surface area contributed by atoms with Crippen LogP contribution in [0.15, 0.2) is 59.5 Å². The van der Waals surface area contributed by atoms with E-state index in [1.807, 2.05) is 42.5 Å². The smallest absolute Gasteiger partial charge is 0.274 e. The predicted molar refractivity (Wildman–Crippen MR) is 84.5 cm³/mol. The molecule has 0 fully saturated rings. The van der Waals surface area contributed by atoms with E-state index in [0.717, 1.165) is 16.9 Å². The van der Waals surface area contributed by atoms with Gasteiger partial charge in [0.05, 0.1) is 25.2 Å². The molecule has 0 bridgehead atoms. The first kappa shape index (κ1) is 14.1. The van der Waals surface area contributed by atoms with Crippen molar-refractivity contribution in [1.29, 1.82) is 0 Å². The molecule has 3 aromatic rings. The van der Waals surface area contributed by atoms with Gasteiger partial charge in [0.1, 0.15) is 18.1 Å².